The molecule has 0 radical (unpaired) electrons. The second kappa shape index (κ2) is 15.8. The number of carboxylic acids is 1. The van der Waals surface area contributed by atoms with Crippen molar-refractivity contribution in [3.05, 3.63) is 0 Å². The summed E-state index contributed by atoms with van der Waals surface area (Å²) in [6.07, 6.45) is 0. The summed E-state index contributed by atoms with van der Waals surface area (Å²) in [5, 5.41) is 7.42. The Morgan fingerprint density at radius 1 is 1.57 bits per heavy atom. The molecule has 0 aliphatic rings. The molecular formula is C2H5ClFeO2Zn. The molecule has 0 heterocycles. The van der Waals surface area contributed by atoms with Crippen LogP contribution >= 0.6 is 12.4 Å². The summed E-state index contributed by atoms with van der Waals surface area (Å²) in [5.74, 6) is -0.833. The average Bonchev–Trinajstić information content (AvgIpc) is 0.811. The summed E-state index contributed by atoms with van der Waals surface area (Å²) in [5.41, 5.74) is 0. The Labute approximate surface area is 71.7 Å². The quantitative estimate of drug-likeness (QED) is 0.601. The number of halogens is 1. The molecule has 0 aromatic rings. The fourth-order valence-corrected chi connectivity index (χ4v) is 0. The van der Waals surface area contributed by atoms with E-state index in [0.717, 1.165) is 6.92 Å². The number of hydrogen-bond acceptors (Lipinski definition) is 1. The first-order chi connectivity index (χ1) is 1.73. The van der Waals surface area contributed by atoms with E-state index >= 15 is 0 Å². The van der Waals surface area contributed by atoms with Gasteiger partial charge in [0.15, 0.2) is 0 Å². The van der Waals surface area contributed by atoms with Gasteiger partial charge in [-0.15, -0.1) is 12.4 Å². The van der Waals surface area contributed by atoms with Crippen LogP contribution in [-0.2, 0) is 41.3 Å². The van der Waals surface area contributed by atoms with Gasteiger partial charge in [-0.2, -0.15) is 0 Å². The van der Waals surface area contributed by atoms with Crippen molar-refractivity contribution >= 4 is 18.4 Å². The third-order valence-electron chi connectivity index (χ3n) is 0. The van der Waals surface area contributed by atoms with Crippen molar-refractivity contribution in [2.75, 3.05) is 0 Å². The summed E-state index contributed by atoms with van der Waals surface area (Å²) < 4.78 is 0. The molecule has 7 heavy (non-hydrogen) atoms. The largest absolute Gasteiger partial charge is 0.481 e. The molecule has 0 atom stereocenters. The maximum Gasteiger partial charge on any atom is 0.300 e. The zero-order valence-corrected chi connectivity index (χ0v) is 8.71. The first kappa shape index (κ1) is 24.7. The molecule has 0 amide bonds. The second-order valence-electron chi connectivity index (χ2n) is 0.519. The Morgan fingerprint density at radius 2 is 1.57 bits per heavy atom. The summed E-state index contributed by atoms with van der Waals surface area (Å²) in [7, 11) is 0. The van der Waals surface area contributed by atoms with Gasteiger partial charge >= 0.3 is 0 Å². The van der Waals surface area contributed by atoms with Gasteiger partial charge in [-0.1, -0.05) is 0 Å². The van der Waals surface area contributed by atoms with Crippen molar-refractivity contribution in [1.29, 1.82) is 0 Å². The first-order valence-electron chi connectivity index (χ1n) is 0.928. The van der Waals surface area contributed by atoms with E-state index in [9.17, 15) is 0 Å². The molecule has 0 spiro atoms. The number of carboxylic acid groups (broad SMARTS) is 1. The van der Waals surface area contributed by atoms with Crippen molar-refractivity contribution in [2.24, 2.45) is 0 Å². The van der Waals surface area contributed by atoms with Gasteiger partial charge in [-0.05, 0) is 0 Å². The molecule has 0 fully saturated rings. The maximum absolute atomic E-state index is 9.00. The van der Waals surface area contributed by atoms with Gasteiger partial charge in [0.05, 0.1) is 0 Å². The summed E-state index contributed by atoms with van der Waals surface area (Å²) in [4.78, 5) is 9.00. The normalized spacial score (nSPS) is 3.57. The van der Waals surface area contributed by atoms with Crippen LogP contribution in [0.3, 0.4) is 0 Å². The standard InChI is InChI=1S/C2H4O2.ClH.Fe.Zn/c1-2(3)4;;;/h1H3,(H,3,4);1H;;. The predicted molar refractivity (Wildman–Crippen MR) is 20.6 cm³/mol. The molecule has 0 bridgehead atoms. The van der Waals surface area contributed by atoms with Gasteiger partial charge in [0.1, 0.15) is 0 Å². The molecule has 0 saturated heterocycles. The molecule has 0 unspecified atom stereocenters. The summed E-state index contributed by atoms with van der Waals surface area (Å²) in [6.45, 7) is 1.08. The van der Waals surface area contributed by atoms with E-state index < -0.39 is 5.97 Å². The van der Waals surface area contributed by atoms with E-state index in [1.165, 1.54) is 0 Å². The maximum atomic E-state index is 9.00. The molecule has 1 N–H and O–H groups in total. The second-order valence-corrected chi connectivity index (χ2v) is 0.519. The van der Waals surface area contributed by atoms with E-state index in [0.29, 0.717) is 0 Å². The third kappa shape index (κ3) is 204. The van der Waals surface area contributed by atoms with Crippen LogP contribution in [0.5, 0.6) is 0 Å². The number of carbonyl (C=O) groups is 1. The van der Waals surface area contributed by atoms with Crippen LogP contribution in [0.25, 0.3) is 0 Å². The van der Waals surface area contributed by atoms with Crippen molar-refractivity contribution in [1.82, 2.24) is 0 Å². The molecule has 0 aromatic heterocycles. The van der Waals surface area contributed by atoms with Crippen molar-refractivity contribution in [3.8, 4) is 0 Å². The van der Waals surface area contributed by atoms with Gasteiger partial charge in [0.2, 0.25) is 0 Å². The van der Waals surface area contributed by atoms with Crippen molar-refractivity contribution in [2.45, 2.75) is 6.92 Å². The SMILES string of the molecule is CC(=O)O.Cl.[Fe].[Zn]. The van der Waals surface area contributed by atoms with Crippen LogP contribution in [0, 0.1) is 0 Å². The van der Waals surface area contributed by atoms with E-state index in [2.05, 4.69) is 0 Å². The zero-order chi connectivity index (χ0) is 3.58. The topological polar surface area (TPSA) is 37.3 Å². The van der Waals surface area contributed by atoms with Gasteiger partial charge < -0.3 is 5.11 Å². The number of aliphatic carboxylic acids is 1. The smallest absolute Gasteiger partial charge is 0.300 e. The molecule has 2 nitrogen and oxygen atoms in total. The van der Waals surface area contributed by atoms with E-state index in [-0.39, 0.29) is 49.0 Å². The molecule has 0 aromatic carbocycles. The minimum Gasteiger partial charge on any atom is -0.481 e. The zero-order valence-electron chi connectivity index (χ0n) is 3.82. The van der Waals surface area contributed by atoms with E-state index in [4.69, 9.17) is 9.90 Å². The van der Waals surface area contributed by atoms with Crippen LogP contribution in [0.15, 0.2) is 0 Å². The molecule has 0 aliphatic heterocycles. The first-order valence-corrected chi connectivity index (χ1v) is 0.928. The molecule has 0 aliphatic carbocycles. The van der Waals surface area contributed by atoms with Crippen LogP contribution in [0.2, 0.25) is 0 Å². The Kier molecular flexibility index (Phi) is 55.8. The van der Waals surface area contributed by atoms with E-state index in [1.54, 1.807) is 0 Å². The molecule has 0 rings (SSSR count). The minimum absolute atomic E-state index is 0. The van der Waals surface area contributed by atoms with Gasteiger partial charge in [0, 0.05) is 43.5 Å². The number of hydrogen-bond donors (Lipinski definition) is 1. The summed E-state index contributed by atoms with van der Waals surface area (Å²) in [6, 6.07) is 0. The number of rotatable bonds is 0. The van der Waals surface area contributed by atoms with Gasteiger partial charge in [-0.25, -0.2) is 0 Å². The van der Waals surface area contributed by atoms with Crippen LogP contribution in [0.4, 0.5) is 0 Å². The summed E-state index contributed by atoms with van der Waals surface area (Å²) >= 11 is 0. The molecular weight excluding hydrogens is 213 g/mol. The minimum atomic E-state index is -0.833. The van der Waals surface area contributed by atoms with Gasteiger partial charge in [0.25, 0.3) is 5.97 Å². The average molecular weight is 218 g/mol. The molecule has 0 saturated carbocycles. The molecule has 5 heteroatoms. The van der Waals surface area contributed by atoms with Crippen molar-refractivity contribution < 1.29 is 46.4 Å². The Hall–Kier alpha value is 0.903. The monoisotopic (exact) mass is 216 g/mol. The van der Waals surface area contributed by atoms with Crippen LogP contribution in [0.1, 0.15) is 6.92 Å². The predicted octanol–water partition coefficient (Wildman–Crippen LogP) is 0.508. The van der Waals surface area contributed by atoms with Crippen LogP contribution < -0.4 is 0 Å². The van der Waals surface area contributed by atoms with Crippen molar-refractivity contribution in [3.63, 3.8) is 0 Å². The van der Waals surface area contributed by atoms with E-state index in [1.807, 2.05) is 0 Å². The Morgan fingerprint density at radius 3 is 1.57 bits per heavy atom. The third-order valence-corrected chi connectivity index (χ3v) is 0. The fraction of sp³-hybridized carbons (Fsp3) is 0.500. The van der Waals surface area contributed by atoms with Crippen LogP contribution in [-0.4, -0.2) is 11.1 Å². The van der Waals surface area contributed by atoms with Gasteiger partial charge in [-0.3, -0.25) is 4.79 Å². The molecule has 42 valence electrons. The Bertz CT molecular complexity index is 38.7. The Balaban J connectivity index is -0.0000000150. The fourth-order valence-electron chi connectivity index (χ4n) is 0.